The first-order chi connectivity index (χ1) is 13.0. The highest BCUT2D eigenvalue weighted by Gasteiger charge is 2.17. The van der Waals surface area contributed by atoms with Gasteiger partial charge in [-0.15, -0.1) is 0 Å². The summed E-state index contributed by atoms with van der Waals surface area (Å²) in [4.78, 5) is 23.3. The molecule has 2 aromatic rings. The maximum absolute atomic E-state index is 9.10. The fourth-order valence-corrected chi connectivity index (χ4v) is 2.95. The number of aryl methyl sites for hydroxylation is 1. The van der Waals surface area contributed by atoms with Crippen molar-refractivity contribution >= 4 is 11.9 Å². The van der Waals surface area contributed by atoms with Gasteiger partial charge in [0.15, 0.2) is 0 Å². The van der Waals surface area contributed by atoms with Crippen LogP contribution >= 0.6 is 0 Å². The molecular weight excluding hydrogens is 348 g/mol. The van der Waals surface area contributed by atoms with E-state index in [9.17, 15) is 0 Å². The van der Waals surface area contributed by atoms with Crippen LogP contribution in [0.25, 0.3) is 0 Å². The molecule has 0 saturated carbocycles. The highest BCUT2D eigenvalue weighted by atomic mass is 16.4. The largest absolute Gasteiger partial charge is 0.473 e. The molecule has 7 heteroatoms. The van der Waals surface area contributed by atoms with Gasteiger partial charge < -0.3 is 19.5 Å². The van der Waals surface area contributed by atoms with Crippen molar-refractivity contribution in [1.82, 2.24) is 9.80 Å². The maximum Gasteiger partial charge on any atom is 0.414 e. The number of furan rings is 1. The standard InChI is InChI=1S/C18H24N2O.C2H2O4/c1-2-6-17(7-3-1)8-4-10-19-11-13-20(14-12-19)16-18-9-5-15-21-18;3-1(4)2(5)6/h1-3,5-7,9,15H,4,8,10-14,16H2;(H,3,4)(H,5,6). The van der Waals surface area contributed by atoms with Gasteiger partial charge in [0.1, 0.15) is 5.76 Å². The van der Waals surface area contributed by atoms with Gasteiger partial charge in [-0.1, -0.05) is 30.3 Å². The molecule has 1 saturated heterocycles. The van der Waals surface area contributed by atoms with Crippen LogP contribution in [0.5, 0.6) is 0 Å². The molecule has 0 spiro atoms. The normalized spacial score (nSPS) is 15.0. The Balaban J connectivity index is 0.000000380. The molecule has 0 atom stereocenters. The van der Waals surface area contributed by atoms with Gasteiger partial charge in [-0.05, 0) is 37.1 Å². The molecule has 0 radical (unpaired) electrons. The van der Waals surface area contributed by atoms with Crippen LogP contribution in [0.4, 0.5) is 0 Å². The van der Waals surface area contributed by atoms with Crippen molar-refractivity contribution in [3.63, 3.8) is 0 Å². The van der Waals surface area contributed by atoms with Crippen molar-refractivity contribution in [3.05, 3.63) is 60.1 Å². The molecule has 0 bridgehead atoms. The lowest BCUT2D eigenvalue weighted by atomic mass is 10.1. The van der Waals surface area contributed by atoms with Crippen molar-refractivity contribution in [3.8, 4) is 0 Å². The molecule has 2 heterocycles. The zero-order valence-electron chi connectivity index (χ0n) is 15.3. The fraction of sp³-hybridized carbons (Fsp3) is 0.400. The number of carboxylic acids is 2. The van der Waals surface area contributed by atoms with Gasteiger partial charge in [0, 0.05) is 26.2 Å². The van der Waals surface area contributed by atoms with Crippen molar-refractivity contribution < 1.29 is 24.2 Å². The smallest absolute Gasteiger partial charge is 0.414 e. The zero-order valence-corrected chi connectivity index (χ0v) is 15.3. The second kappa shape index (κ2) is 11.2. The van der Waals surface area contributed by atoms with E-state index < -0.39 is 11.9 Å². The fourth-order valence-electron chi connectivity index (χ4n) is 2.95. The number of hydrogen-bond acceptors (Lipinski definition) is 5. The molecule has 0 aliphatic carbocycles. The van der Waals surface area contributed by atoms with E-state index in [-0.39, 0.29) is 0 Å². The third-order valence-electron chi connectivity index (χ3n) is 4.39. The molecule has 1 aliphatic rings. The Labute approximate surface area is 158 Å². The highest BCUT2D eigenvalue weighted by Crippen LogP contribution is 2.10. The molecule has 1 fully saturated rings. The molecular formula is C20H26N2O5. The van der Waals surface area contributed by atoms with Crippen molar-refractivity contribution in [2.75, 3.05) is 32.7 Å². The minimum absolute atomic E-state index is 0.949. The van der Waals surface area contributed by atoms with Crippen LogP contribution in [-0.2, 0) is 22.6 Å². The molecule has 2 N–H and O–H groups in total. The minimum Gasteiger partial charge on any atom is -0.473 e. The van der Waals surface area contributed by atoms with Gasteiger partial charge in [-0.3, -0.25) is 4.90 Å². The second-order valence-corrected chi connectivity index (χ2v) is 6.40. The number of carbonyl (C=O) groups is 2. The summed E-state index contributed by atoms with van der Waals surface area (Å²) in [5.74, 6) is -2.57. The summed E-state index contributed by atoms with van der Waals surface area (Å²) in [6.45, 7) is 6.80. The van der Waals surface area contributed by atoms with Crippen LogP contribution in [-0.4, -0.2) is 64.7 Å². The van der Waals surface area contributed by atoms with Crippen LogP contribution < -0.4 is 0 Å². The number of nitrogens with zero attached hydrogens (tertiary/aromatic N) is 2. The van der Waals surface area contributed by atoms with Gasteiger partial charge in [-0.25, -0.2) is 9.59 Å². The lowest BCUT2D eigenvalue weighted by Crippen LogP contribution is -2.46. The Morgan fingerprint density at radius 2 is 1.52 bits per heavy atom. The number of piperazine rings is 1. The van der Waals surface area contributed by atoms with E-state index in [0.29, 0.717) is 0 Å². The van der Waals surface area contributed by atoms with E-state index in [0.717, 1.165) is 25.4 Å². The molecule has 27 heavy (non-hydrogen) atoms. The molecule has 1 aromatic heterocycles. The third kappa shape index (κ3) is 8.06. The zero-order chi connectivity index (χ0) is 19.5. The lowest BCUT2D eigenvalue weighted by molar-refractivity contribution is -0.159. The first-order valence-corrected chi connectivity index (χ1v) is 9.02. The predicted molar refractivity (Wildman–Crippen MR) is 100 cm³/mol. The Bertz CT molecular complexity index is 668. The SMILES string of the molecule is O=C(O)C(=O)O.c1ccc(CCCN2CCN(Cc3ccco3)CC2)cc1. The number of hydrogen-bond donors (Lipinski definition) is 2. The first-order valence-electron chi connectivity index (χ1n) is 9.02. The number of carboxylic acid groups (broad SMARTS) is 2. The summed E-state index contributed by atoms with van der Waals surface area (Å²) >= 11 is 0. The van der Waals surface area contributed by atoms with E-state index in [1.54, 1.807) is 6.26 Å². The molecule has 1 aliphatic heterocycles. The van der Waals surface area contributed by atoms with E-state index in [1.807, 2.05) is 6.07 Å². The summed E-state index contributed by atoms with van der Waals surface area (Å²) in [5, 5.41) is 14.8. The average Bonchev–Trinajstić information content (AvgIpc) is 3.17. The molecule has 0 unspecified atom stereocenters. The second-order valence-electron chi connectivity index (χ2n) is 6.40. The summed E-state index contributed by atoms with van der Waals surface area (Å²) in [6, 6.07) is 14.8. The Morgan fingerprint density at radius 1 is 0.889 bits per heavy atom. The summed E-state index contributed by atoms with van der Waals surface area (Å²) in [6.07, 6.45) is 4.20. The summed E-state index contributed by atoms with van der Waals surface area (Å²) < 4.78 is 5.42. The quantitative estimate of drug-likeness (QED) is 0.749. The lowest BCUT2D eigenvalue weighted by Gasteiger charge is -2.34. The summed E-state index contributed by atoms with van der Waals surface area (Å²) in [7, 11) is 0. The van der Waals surface area contributed by atoms with Crippen molar-refractivity contribution in [1.29, 1.82) is 0 Å². The highest BCUT2D eigenvalue weighted by molar-refractivity contribution is 6.27. The molecule has 7 nitrogen and oxygen atoms in total. The molecule has 1 aromatic carbocycles. The van der Waals surface area contributed by atoms with Gasteiger partial charge in [0.05, 0.1) is 12.8 Å². The van der Waals surface area contributed by atoms with Crippen LogP contribution in [0.3, 0.4) is 0 Å². The minimum atomic E-state index is -1.82. The number of benzene rings is 1. The number of aliphatic carboxylic acids is 2. The van der Waals surface area contributed by atoms with E-state index in [2.05, 4.69) is 46.2 Å². The monoisotopic (exact) mass is 374 g/mol. The Hall–Kier alpha value is -2.64. The van der Waals surface area contributed by atoms with Crippen LogP contribution in [0.2, 0.25) is 0 Å². The maximum atomic E-state index is 9.10. The van der Waals surface area contributed by atoms with Crippen LogP contribution in [0, 0.1) is 0 Å². The Kier molecular flexibility index (Phi) is 8.54. The molecule has 146 valence electrons. The molecule has 3 rings (SSSR count). The van der Waals surface area contributed by atoms with Crippen molar-refractivity contribution in [2.45, 2.75) is 19.4 Å². The van der Waals surface area contributed by atoms with Crippen LogP contribution in [0.15, 0.2) is 53.1 Å². The van der Waals surface area contributed by atoms with Crippen molar-refractivity contribution in [2.24, 2.45) is 0 Å². The van der Waals surface area contributed by atoms with E-state index in [4.69, 9.17) is 24.2 Å². The van der Waals surface area contributed by atoms with Gasteiger partial charge in [0.2, 0.25) is 0 Å². The predicted octanol–water partition coefficient (Wildman–Crippen LogP) is 2.19. The average molecular weight is 374 g/mol. The topological polar surface area (TPSA) is 94.2 Å². The van der Waals surface area contributed by atoms with Gasteiger partial charge >= 0.3 is 11.9 Å². The van der Waals surface area contributed by atoms with Gasteiger partial charge in [-0.2, -0.15) is 0 Å². The van der Waals surface area contributed by atoms with E-state index in [1.165, 1.54) is 38.0 Å². The van der Waals surface area contributed by atoms with Gasteiger partial charge in [0.25, 0.3) is 0 Å². The molecule has 0 amide bonds. The van der Waals surface area contributed by atoms with Crippen LogP contribution in [0.1, 0.15) is 17.7 Å². The first kappa shape index (κ1) is 20.7. The summed E-state index contributed by atoms with van der Waals surface area (Å²) in [5.41, 5.74) is 1.45. The third-order valence-corrected chi connectivity index (χ3v) is 4.39. The van der Waals surface area contributed by atoms with E-state index >= 15 is 0 Å². The number of rotatable bonds is 6. The Morgan fingerprint density at radius 3 is 2.07 bits per heavy atom.